The highest BCUT2D eigenvalue weighted by Crippen LogP contribution is 2.32. The van der Waals surface area contributed by atoms with E-state index in [9.17, 15) is 4.79 Å². The van der Waals surface area contributed by atoms with Gasteiger partial charge in [0.05, 0.1) is 29.9 Å². The second kappa shape index (κ2) is 6.93. The van der Waals surface area contributed by atoms with Gasteiger partial charge in [-0.15, -0.1) is 12.4 Å². The summed E-state index contributed by atoms with van der Waals surface area (Å²) in [6.07, 6.45) is 3.79. The number of hydrogen-bond acceptors (Lipinski definition) is 3. The Labute approximate surface area is 146 Å². The Balaban J connectivity index is 0.00000208. The van der Waals surface area contributed by atoms with Gasteiger partial charge in [-0.25, -0.2) is 0 Å². The standard InChI is InChI=1S/C18H19N3O2.ClH/c1-10-14(20-11(2)18(10)12(3)22)8-16-17(23-4)9-15(21-16)13-6-5-7-19-13;/h5-9,19,21H,1-4H3;1H/b14-8-;. The number of H-pyrrole nitrogens is 2. The van der Waals surface area contributed by atoms with Gasteiger partial charge >= 0.3 is 0 Å². The van der Waals surface area contributed by atoms with E-state index >= 15 is 0 Å². The first-order valence-electron chi connectivity index (χ1n) is 7.41. The van der Waals surface area contributed by atoms with Crippen molar-refractivity contribution in [2.75, 3.05) is 7.11 Å². The van der Waals surface area contributed by atoms with Crippen LogP contribution in [0.4, 0.5) is 0 Å². The first-order valence-corrected chi connectivity index (χ1v) is 7.41. The van der Waals surface area contributed by atoms with Crippen LogP contribution < -0.4 is 4.74 Å². The number of rotatable bonds is 4. The first kappa shape index (κ1) is 17.8. The fourth-order valence-corrected chi connectivity index (χ4v) is 2.89. The third kappa shape index (κ3) is 3.08. The highest BCUT2D eigenvalue weighted by Gasteiger charge is 2.21. The van der Waals surface area contributed by atoms with Crippen molar-refractivity contribution < 1.29 is 9.53 Å². The molecular formula is C18H20ClN3O2. The lowest BCUT2D eigenvalue weighted by Crippen LogP contribution is -2.04. The van der Waals surface area contributed by atoms with E-state index in [0.717, 1.165) is 39.8 Å². The Morgan fingerprint density at radius 2 is 2.04 bits per heavy atom. The molecular weight excluding hydrogens is 326 g/mol. The molecule has 3 heterocycles. The quantitative estimate of drug-likeness (QED) is 0.873. The minimum atomic E-state index is 0. The number of carbonyl (C=O) groups is 1. The molecule has 0 saturated heterocycles. The van der Waals surface area contributed by atoms with Crippen LogP contribution in [-0.2, 0) is 4.79 Å². The number of nitrogens with one attached hydrogen (secondary N) is 2. The third-order valence-corrected chi connectivity index (χ3v) is 3.96. The number of aromatic amines is 2. The average molecular weight is 346 g/mol. The highest BCUT2D eigenvalue weighted by molar-refractivity contribution is 6.24. The summed E-state index contributed by atoms with van der Waals surface area (Å²) < 4.78 is 5.45. The van der Waals surface area contributed by atoms with E-state index < -0.39 is 0 Å². The fourth-order valence-electron chi connectivity index (χ4n) is 2.89. The lowest BCUT2D eigenvalue weighted by Gasteiger charge is -2.00. The van der Waals surface area contributed by atoms with Crippen molar-refractivity contribution in [3.8, 4) is 17.1 Å². The zero-order chi connectivity index (χ0) is 16.6. The number of ketones is 1. The zero-order valence-electron chi connectivity index (χ0n) is 14.1. The van der Waals surface area contributed by atoms with E-state index in [0.29, 0.717) is 5.57 Å². The van der Waals surface area contributed by atoms with Crippen LogP contribution in [0.3, 0.4) is 0 Å². The summed E-state index contributed by atoms with van der Waals surface area (Å²) in [6.45, 7) is 5.35. The number of methoxy groups -OCH3 is 1. The summed E-state index contributed by atoms with van der Waals surface area (Å²) in [5, 5.41) is 0. The number of hydrogen-bond donors (Lipinski definition) is 2. The molecule has 5 nitrogen and oxygen atoms in total. The summed E-state index contributed by atoms with van der Waals surface area (Å²) >= 11 is 0. The Hall–Kier alpha value is -2.53. The van der Waals surface area contributed by atoms with E-state index in [1.165, 1.54) is 0 Å². The van der Waals surface area contributed by atoms with Gasteiger partial charge in [-0.05, 0) is 44.6 Å². The summed E-state index contributed by atoms with van der Waals surface area (Å²) in [4.78, 5) is 22.8. The number of allylic oxidation sites excluding steroid dienone is 2. The van der Waals surface area contributed by atoms with E-state index in [4.69, 9.17) is 4.74 Å². The van der Waals surface area contributed by atoms with Crippen LogP contribution in [0.2, 0.25) is 0 Å². The van der Waals surface area contributed by atoms with Crippen molar-refractivity contribution in [1.29, 1.82) is 0 Å². The molecule has 6 heteroatoms. The molecule has 0 spiro atoms. The van der Waals surface area contributed by atoms with E-state index in [1.54, 1.807) is 14.0 Å². The molecule has 0 radical (unpaired) electrons. The Kier molecular flexibility index (Phi) is 5.14. The number of nitrogens with zero attached hydrogens (tertiary/aromatic N) is 1. The fraction of sp³-hybridized carbons (Fsp3) is 0.222. The van der Waals surface area contributed by atoms with E-state index in [2.05, 4.69) is 15.0 Å². The second-order valence-electron chi connectivity index (χ2n) is 5.53. The van der Waals surface area contributed by atoms with Gasteiger partial charge in [-0.2, -0.15) is 0 Å². The van der Waals surface area contributed by atoms with Crippen LogP contribution in [0.5, 0.6) is 5.75 Å². The molecule has 0 atom stereocenters. The summed E-state index contributed by atoms with van der Waals surface area (Å²) in [6, 6.07) is 5.87. The minimum absolute atomic E-state index is 0. The molecule has 0 amide bonds. The monoisotopic (exact) mass is 345 g/mol. The Morgan fingerprint density at radius 1 is 1.29 bits per heavy atom. The van der Waals surface area contributed by atoms with Crippen LogP contribution >= 0.6 is 12.4 Å². The Bertz CT molecular complexity index is 855. The van der Waals surface area contributed by atoms with Gasteiger partial charge in [0.1, 0.15) is 5.75 Å². The van der Waals surface area contributed by atoms with Crippen LogP contribution in [0.25, 0.3) is 17.5 Å². The van der Waals surface area contributed by atoms with Crippen molar-refractivity contribution in [3.63, 3.8) is 0 Å². The van der Waals surface area contributed by atoms with Gasteiger partial charge in [0, 0.05) is 23.5 Å². The predicted molar refractivity (Wildman–Crippen MR) is 98.8 cm³/mol. The maximum Gasteiger partial charge on any atom is 0.161 e. The SMILES string of the molecule is COc1cc(-c2ccc[nH]2)[nH]c1/C=C1\N=C(C)C(C(C)=O)=C1C.Cl. The highest BCUT2D eigenvalue weighted by atomic mass is 35.5. The van der Waals surface area contributed by atoms with Gasteiger partial charge in [-0.1, -0.05) is 0 Å². The molecule has 0 bridgehead atoms. The molecule has 0 saturated carbocycles. The topological polar surface area (TPSA) is 70.2 Å². The normalized spacial score (nSPS) is 15.5. The van der Waals surface area contributed by atoms with Gasteiger partial charge in [0.25, 0.3) is 0 Å². The van der Waals surface area contributed by atoms with Crippen molar-refractivity contribution in [1.82, 2.24) is 9.97 Å². The molecule has 0 aliphatic carbocycles. The molecule has 126 valence electrons. The number of aliphatic imine (C=N–C) groups is 1. The number of halogens is 1. The summed E-state index contributed by atoms with van der Waals surface area (Å²) in [7, 11) is 1.64. The molecule has 2 aromatic heterocycles. The van der Waals surface area contributed by atoms with Gasteiger partial charge in [0.15, 0.2) is 5.78 Å². The van der Waals surface area contributed by atoms with Crippen molar-refractivity contribution in [2.45, 2.75) is 20.8 Å². The molecule has 3 rings (SSSR count). The molecule has 0 aromatic carbocycles. The van der Waals surface area contributed by atoms with Gasteiger partial charge in [-0.3, -0.25) is 9.79 Å². The molecule has 2 N–H and O–H groups in total. The first-order chi connectivity index (χ1) is 11.0. The largest absolute Gasteiger partial charge is 0.494 e. The average Bonchev–Trinajstić information content (AvgIpc) is 3.19. The zero-order valence-corrected chi connectivity index (χ0v) is 14.9. The Morgan fingerprint density at radius 3 is 2.58 bits per heavy atom. The minimum Gasteiger partial charge on any atom is -0.494 e. The number of Topliss-reactive ketones (excluding diaryl/α,β-unsaturated/α-hetero) is 1. The van der Waals surface area contributed by atoms with Crippen LogP contribution in [0, 0.1) is 0 Å². The maximum absolute atomic E-state index is 11.7. The molecule has 24 heavy (non-hydrogen) atoms. The molecule has 2 aromatic rings. The summed E-state index contributed by atoms with van der Waals surface area (Å²) in [5.74, 6) is 0.775. The number of ether oxygens (including phenoxy) is 1. The smallest absolute Gasteiger partial charge is 0.161 e. The van der Waals surface area contributed by atoms with Gasteiger partial charge < -0.3 is 14.7 Å². The molecule has 1 aliphatic heterocycles. The van der Waals surface area contributed by atoms with E-state index in [-0.39, 0.29) is 18.2 Å². The van der Waals surface area contributed by atoms with Crippen molar-refractivity contribution in [2.24, 2.45) is 4.99 Å². The second-order valence-corrected chi connectivity index (χ2v) is 5.53. The van der Waals surface area contributed by atoms with Crippen molar-refractivity contribution in [3.05, 3.63) is 46.9 Å². The predicted octanol–water partition coefficient (Wildman–Crippen LogP) is 4.16. The lowest BCUT2D eigenvalue weighted by atomic mass is 10.0. The number of aromatic nitrogens is 2. The maximum atomic E-state index is 11.7. The van der Waals surface area contributed by atoms with Crippen LogP contribution in [-0.4, -0.2) is 28.6 Å². The molecule has 0 fully saturated rings. The van der Waals surface area contributed by atoms with Crippen LogP contribution in [0.15, 0.2) is 46.2 Å². The lowest BCUT2D eigenvalue weighted by molar-refractivity contribution is -0.113. The summed E-state index contributed by atoms with van der Waals surface area (Å²) in [5.41, 5.74) is 5.89. The van der Waals surface area contributed by atoms with E-state index in [1.807, 2.05) is 44.3 Å². The molecule has 0 unspecified atom stereocenters. The number of carbonyl (C=O) groups excluding carboxylic acids is 1. The van der Waals surface area contributed by atoms with Crippen molar-refractivity contribution >= 4 is 30.0 Å². The van der Waals surface area contributed by atoms with Gasteiger partial charge in [0.2, 0.25) is 0 Å². The molecule has 1 aliphatic rings. The third-order valence-electron chi connectivity index (χ3n) is 3.96. The van der Waals surface area contributed by atoms with Crippen LogP contribution in [0.1, 0.15) is 26.5 Å².